The molecule has 0 aromatic carbocycles. The first kappa shape index (κ1) is 5.61. The molecule has 0 amide bonds. The monoisotopic (exact) mass is 92.0 g/mol. The van der Waals surface area contributed by atoms with Crippen LogP contribution in [0.5, 0.6) is 0 Å². The Kier molecular flexibility index (Phi) is 4.32. The van der Waals surface area contributed by atoms with Crippen LogP contribution in [-0.4, -0.2) is 7.85 Å². The number of terminal acetylenes is 1. The largest absolute Gasteiger partial charge is 0.188 e. The van der Waals surface area contributed by atoms with Gasteiger partial charge in [-0.3, -0.25) is 0 Å². The van der Waals surface area contributed by atoms with E-state index in [0.29, 0.717) is 0 Å². The molecule has 0 bridgehead atoms. The van der Waals surface area contributed by atoms with Crippen LogP contribution in [0, 0.1) is 23.6 Å². The molecule has 0 heterocycles. The molecule has 0 saturated heterocycles. The maximum atomic E-state index is 4.82. The zero-order chi connectivity index (χ0) is 4.83. The summed E-state index contributed by atoms with van der Waals surface area (Å²) < 4.78 is 0. The Bertz CT molecular complexity index is 112. The third-order valence-corrected chi connectivity index (χ3v) is 0.621. The van der Waals surface area contributed by atoms with Gasteiger partial charge in [-0.25, -0.2) is 0 Å². The minimum absolute atomic E-state index is 0.257. The van der Waals surface area contributed by atoms with E-state index in [1.165, 1.54) is 0 Å². The highest BCUT2D eigenvalue weighted by Gasteiger charge is 1.54. The van der Waals surface area contributed by atoms with Crippen LogP contribution in [0.15, 0.2) is 0 Å². The van der Waals surface area contributed by atoms with Gasteiger partial charge in [0.25, 0.3) is 0 Å². The lowest BCUT2D eigenvalue weighted by Crippen LogP contribution is -1.42. The first-order valence-corrected chi connectivity index (χ1v) is 2.33. The summed E-state index contributed by atoms with van der Waals surface area (Å²) in [7, 11) is 5.02. The lowest BCUT2D eigenvalue weighted by Gasteiger charge is -1.60. The van der Waals surface area contributed by atoms with E-state index >= 15 is 0 Å². The van der Waals surface area contributed by atoms with Gasteiger partial charge in [0.1, 0.15) is 0 Å². The van der Waals surface area contributed by atoms with E-state index in [1.54, 1.807) is 0 Å². The van der Waals surface area contributed by atoms with Crippen molar-refractivity contribution in [3.63, 3.8) is 0 Å². The number of rotatable bonds is 0. The van der Waals surface area contributed by atoms with Crippen LogP contribution < -0.4 is 0 Å². The van der Waals surface area contributed by atoms with Gasteiger partial charge in [-0.2, -0.15) is 5.82 Å². The molecule has 0 saturated carbocycles. The number of hydrogen-bond acceptors (Lipinski definition) is 0. The molecule has 0 rings (SSSR count). The van der Waals surface area contributed by atoms with E-state index < -0.39 is 0 Å². The molecule has 0 aliphatic rings. The molecular weight excluding hydrogens is 89.8 g/mol. The fourth-order valence-electron chi connectivity index (χ4n) is 0.0722. The molecule has 6 heavy (non-hydrogen) atoms. The van der Waals surface area contributed by atoms with Crippen LogP contribution >= 0.6 is 8.58 Å². The zero-order valence-electron chi connectivity index (χ0n) is 3.15. The summed E-state index contributed by atoms with van der Waals surface area (Å²) in [6.45, 7) is 0. The second kappa shape index (κ2) is 4.61. The second-order valence-electron chi connectivity index (χ2n) is 0.539. The van der Waals surface area contributed by atoms with Crippen molar-refractivity contribution in [3.8, 4) is 23.6 Å². The molecule has 26 valence electrons. The molecule has 0 aliphatic carbocycles. The van der Waals surface area contributed by atoms with Crippen LogP contribution in [0.1, 0.15) is 0 Å². The van der Waals surface area contributed by atoms with Crippen molar-refractivity contribution in [2.45, 2.75) is 0 Å². The van der Waals surface area contributed by atoms with E-state index in [9.17, 15) is 0 Å². The standard InChI is InChI=1S/C4H2BP/c1-2-6-4-3-5/h1,6H. The highest BCUT2D eigenvalue weighted by atomic mass is 31.1. The minimum Gasteiger partial charge on any atom is -0.167 e. The summed E-state index contributed by atoms with van der Waals surface area (Å²) in [4.78, 5) is 0. The fraction of sp³-hybridized carbons (Fsp3) is 0. The van der Waals surface area contributed by atoms with Crippen molar-refractivity contribution < 1.29 is 0 Å². The first-order chi connectivity index (χ1) is 2.91. The van der Waals surface area contributed by atoms with Gasteiger partial charge in [-0.15, -0.1) is 6.42 Å². The number of hydrogen-bond donors (Lipinski definition) is 0. The summed E-state index contributed by atoms with van der Waals surface area (Å²) in [5.41, 5.74) is 4.86. The molecule has 1 unspecified atom stereocenters. The summed E-state index contributed by atoms with van der Waals surface area (Å²) in [6.07, 6.45) is 4.82. The SMILES string of the molecule is [B]C#CPC#C. The Hall–Kier alpha value is -0.385. The van der Waals surface area contributed by atoms with Gasteiger partial charge in [0.15, 0.2) is 7.85 Å². The minimum atomic E-state index is 0.257. The molecule has 2 radical (unpaired) electrons. The van der Waals surface area contributed by atoms with Gasteiger partial charge in [0, 0.05) is 8.58 Å². The van der Waals surface area contributed by atoms with Gasteiger partial charge in [-0.1, -0.05) is 11.3 Å². The fourth-order valence-corrected chi connectivity index (χ4v) is 0.217. The Morgan fingerprint density at radius 3 is 2.50 bits per heavy atom. The average Bonchev–Trinajstić information content (AvgIpc) is 1.61. The Morgan fingerprint density at radius 2 is 2.33 bits per heavy atom. The van der Waals surface area contributed by atoms with Crippen LogP contribution in [0.2, 0.25) is 0 Å². The van der Waals surface area contributed by atoms with E-state index in [-0.39, 0.29) is 8.58 Å². The molecule has 0 aromatic rings. The molecule has 2 heteroatoms. The van der Waals surface area contributed by atoms with Gasteiger partial charge in [0.2, 0.25) is 0 Å². The average molecular weight is 91.8 g/mol. The molecular formula is C4H2BP. The van der Waals surface area contributed by atoms with Crippen LogP contribution in [0.3, 0.4) is 0 Å². The van der Waals surface area contributed by atoms with Crippen molar-refractivity contribution in [2.24, 2.45) is 0 Å². The van der Waals surface area contributed by atoms with Crippen LogP contribution in [0.25, 0.3) is 0 Å². The predicted molar refractivity (Wildman–Crippen MR) is 30.7 cm³/mol. The van der Waals surface area contributed by atoms with Crippen molar-refractivity contribution in [3.05, 3.63) is 0 Å². The molecule has 0 N–H and O–H groups in total. The van der Waals surface area contributed by atoms with Crippen molar-refractivity contribution in [2.75, 3.05) is 0 Å². The van der Waals surface area contributed by atoms with Crippen molar-refractivity contribution in [1.82, 2.24) is 0 Å². The van der Waals surface area contributed by atoms with Crippen LogP contribution in [0.4, 0.5) is 0 Å². The smallest absolute Gasteiger partial charge is 0.167 e. The molecule has 0 aromatic heterocycles. The van der Waals surface area contributed by atoms with Gasteiger partial charge in [0.05, 0.1) is 0 Å². The third-order valence-electron chi connectivity index (χ3n) is 0.207. The van der Waals surface area contributed by atoms with E-state index in [1.807, 2.05) is 0 Å². The highest BCUT2D eigenvalue weighted by Crippen LogP contribution is 1.98. The van der Waals surface area contributed by atoms with E-state index in [2.05, 4.69) is 17.1 Å². The zero-order valence-corrected chi connectivity index (χ0v) is 4.15. The molecule has 0 aliphatic heterocycles. The maximum Gasteiger partial charge on any atom is 0.188 e. The van der Waals surface area contributed by atoms with Crippen molar-refractivity contribution >= 4 is 16.4 Å². The van der Waals surface area contributed by atoms with Crippen molar-refractivity contribution in [1.29, 1.82) is 0 Å². The maximum absolute atomic E-state index is 4.82. The molecule has 1 atom stereocenters. The highest BCUT2D eigenvalue weighted by molar-refractivity contribution is 7.49. The lowest BCUT2D eigenvalue weighted by atomic mass is 10.2. The lowest BCUT2D eigenvalue weighted by molar-refractivity contribution is 2.92. The topological polar surface area (TPSA) is 0 Å². The summed E-state index contributed by atoms with van der Waals surface area (Å²) >= 11 is 0. The molecule has 0 spiro atoms. The van der Waals surface area contributed by atoms with Crippen LogP contribution in [-0.2, 0) is 0 Å². The Morgan fingerprint density at radius 1 is 1.67 bits per heavy atom. The van der Waals surface area contributed by atoms with Gasteiger partial charge in [-0.05, 0) is 0 Å². The van der Waals surface area contributed by atoms with Gasteiger partial charge >= 0.3 is 0 Å². The van der Waals surface area contributed by atoms with Gasteiger partial charge < -0.3 is 0 Å². The summed E-state index contributed by atoms with van der Waals surface area (Å²) in [6, 6.07) is 0. The molecule has 0 nitrogen and oxygen atoms in total. The van der Waals surface area contributed by atoms with E-state index in [0.717, 1.165) is 0 Å². The predicted octanol–water partition coefficient (Wildman–Crippen LogP) is 0.342. The second-order valence-corrected chi connectivity index (χ2v) is 1.33. The summed E-state index contributed by atoms with van der Waals surface area (Å²) in [5, 5.41) is 0. The summed E-state index contributed by atoms with van der Waals surface area (Å²) in [5.74, 6) is 2.19. The van der Waals surface area contributed by atoms with E-state index in [4.69, 9.17) is 14.3 Å². The third kappa shape index (κ3) is 3.61. The Balaban J connectivity index is 3.07. The Labute approximate surface area is 40.9 Å². The molecule has 0 fully saturated rings. The normalized spacial score (nSPS) is 6.50. The first-order valence-electron chi connectivity index (χ1n) is 1.33. The quantitative estimate of drug-likeness (QED) is 0.229.